The Labute approximate surface area is 225 Å². The Kier molecular flexibility index (Phi) is 8.76. The number of carbonyl (C=O) groups is 2. The number of halogens is 3. The topological polar surface area (TPSA) is 119 Å². The molecule has 1 aromatic heterocycles. The van der Waals surface area contributed by atoms with Crippen LogP contribution in [-0.4, -0.2) is 32.6 Å². The number of ether oxygens (including phenoxy) is 1. The minimum absolute atomic E-state index is 0.146. The van der Waals surface area contributed by atoms with Crippen LogP contribution in [0.4, 0.5) is 21.3 Å². The van der Waals surface area contributed by atoms with Crippen LogP contribution in [0, 0.1) is 0 Å². The van der Waals surface area contributed by atoms with Gasteiger partial charge in [-0.1, -0.05) is 78.7 Å². The first kappa shape index (κ1) is 27.3. The lowest BCUT2D eigenvalue weighted by Crippen LogP contribution is -2.21. The molecule has 0 saturated carbocycles. The highest BCUT2D eigenvalue weighted by molar-refractivity contribution is 7.99. The van der Waals surface area contributed by atoms with Crippen LogP contribution in [0.2, 0.25) is 0 Å². The van der Waals surface area contributed by atoms with Crippen LogP contribution in [0.3, 0.4) is 0 Å². The molecule has 0 aliphatic carbocycles. The lowest BCUT2D eigenvalue weighted by atomic mass is 9.98. The summed E-state index contributed by atoms with van der Waals surface area (Å²) in [7, 11) is 0. The molecule has 0 radical (unpaired) electrons. The number of benzene rings is 2. The zero-order chi connectivity index (χ0) is 25.8. The summed E-state index contributed by atoms with van der Waals surface area (Å²) in [6.07, 6.45) is -0.738. The molecule has 0 unspecified atom stereocenters. The van der Waals surface area contributed by atoms with E-state index in [1.807, 2.05) is 20.8 Å². The molecule has 186 valence electrons. The smallest absolute Gasteiger partial charge is 0.411 e. The normalized spacial score (nSPS) is 11.7. The molecule has 0 aliphatic rings. The van der Waals surface area contributed by atoms with Crippen molar-refractivity contribution in [2.75, 3.05) is 23.0 Å². The number of nitrogens with zero attached hydrogens (tertiary/aromatic N) is 2. The number of rotatable bonds is 6. The summed E-state index contributed by atoms with van der Waals surface area (Å²) in [5, 5.41) is 14.7. The zero-order valence-electron chi connectivity index (χ0n) is 18.9. The number of nitrogen functional groups attached to an aromatic ring is 1. The van der Waals surface area contributed by atoms with Crippen molar-refractivity contribution in [3.05, 3.63) is 53.0 Å². The highest BCUT2D eigenvalue weighted by Crippen LogP contribution is 2.34. The number of alkyl halides is 3. The third-order valence-electron chi connectivity index (χ3n) is 4.25. The van der Waals surface area contributed by atoms with Crippen molar-refractivity contribution < 1.29 is 14.3 Å². The fourth-order valence-corrected chi connectivity index (χ4v) is 4.36. The Morgan fingerprint density at radius 3 is 2.31 bits per heavy atom. The van der Waals surface area contributed by atoms with Crippen molar-refractivity contribution in [3.8, 4) is 0 Å². The van der Waals surface area contributed by atoms with Gasteiger partial charge in [-0.3, -0.25) is 15.4 Å². The molecule has 13 heteroatoms. The maximum absolute atomic E-state index is 12.6. The SMILES string of the molecule is CC(C)(C)c1nnc(NC(=O)c2ccc(Sc3ccc(NC(=O)OCC(Cl)(Cl)Cl)cc3)c(N)c2)s1. The molecular formula is C22H22Cl3N5O3S2. The molecule has 2 aromatic carbocycles. The van der Waals surface area contributed by atoms with Gasteiger partial charge < -0.3 is 10.5 Å². The molecule has 4 N–H and O–H groups in total. The predicted molar refractivity (Wildman–Crippen MR) is 143 cm³/mol. The highest BCUT2D eigenvalue weighted by atomic mass is 35.6. The minimum atomic E-state index is -1.68. The van der Waals surface area contributed by atoms with Crippen LogP contribution in [-0.2, 0) is 10.2 Å². The van der Waals surface area contributed by atoms with E-state index >= 15 is 0 Å². The van der Waals surface area contributed by atoms with Gasteiger partial charge in [-0.15, -0.1) is 10.2 Å². The van der Waals surface area contributed by atoms with E-state index < -0.39 is 9.89 Å². The van der Waals surface area contributed by atoms with E-state index in [0.717, 1.165) is 14.8 Å². The Bertz CT molecular complexity index is 1210. The van der Waals surface area contributed by atoms with Crippen LogP contribution in [0.5, 0.6) is 0 Å². The number of carbonyl (C=O) groups excluding carboxylic acids is 2. The van der Waals surface area contributed by atoms with Crippen molar-refractivity contribution in [2.45, 2.75) is 39.8 Å². The second-order valence-corrected chi connectivity index (χ2v) is 12.9. The number of hydrogen-bond acceptors (Lipinski definition) is 8. The second kappa shape index (κ2) is 11.2. The second-order valence-electron chi connectivity index (χ2n) is 8.31. The number of anilines is 3. The van der Waals surface area contributed by atoms with Crippen LogP contribution < -0.4 is 16.4 Å². The summed E-state index contributed by atoms with van der Waals surface area (Å²) in [4.78, 5) is 26.0. The largest absolute Gasteiger partial charge is 0.445 e. The molecule has 1 heterocycles. The minimum Gasteiger partial charge on any atom is -0.445 e. The van der Waals surface area contributed by atoms with Gasteiger partial charge in [0.25, 0.3) is 5.91 Å². The first-order valence-corrected chi connectivity index (χ1v) is 12.9. The van der Waals surface area contributed by atoms with E-state index in [1.165, 1.54) is 23.1 Å². The highest BCUT2D eigenvalue weighted by Gasteiger charge is 2.22. The van der Waals surface area contributed by atoms with Gasteiger partial charge in [-0.05, 0) is 42.5 Å². The molecular weight excluding hydrogens is 553 g/mol. The summed E-state index contributed by atoms with van der Waals surface area (Å²) >= 11 is 19.4. The third kappa shape index (κ3) is 8.43. The molecule has 0 saturated heterocycles. The molecule has 8 nitrogen and oxygen atoms in total. The maximum atomic E-state index is 12.6. The predicted octanol–water partition coefficient (Wildman–Crippen LogP) is 6.74. The fourth-order valence-electron chi connectivity index (χ4n) is 2.56. The Hall–Kier alpha value is -2.24. The summed E-state index contributed by atoms with van der Waals surface area (Å²) < 4.78 is 3.15. The molecule has 0 fully saturated rings. The fraction of sp³-hybridized carbons (Fsp3) is 0.273. The van der Waals surface area contributed by atoms with E-state index in [4.69, 9.17) is 45.3 Å². The van der Waals surface area contributed by atoms with E-state index in [0.29, 0.717) is 22.1 Å². The van der Waals surface area contributed by atoms with Crippen LogP contribution in [0.1, 0.15) is 36.1 Å². The van der Waals surface area contributed by atoms with Crippen LogP contribution >= 0.6 is 57.9 Å². The van der Waals surface area contributed by atoms with Crippen molar-refractivity contribution in [1.29, 1.82) is 0 Å². The first-order valence-electron chi connectivity index (χ1n) is 10.1. The lowest BCUT2D eigenvalue weighted by molar-refractivity contribution is 0.102. The van der Waals surface area contributed by atoms with Crippen molar-refractivity contribution in [2.24, 2.45) is 0 Å². The molecule has 0 atom stereocenters. The Morgan fingerprint density at radius 1 is 1.06 bits per heavy atom. The Morgan fingerprint density at radius 2 is 1.74 bits per heavy atom. The number of aromatic nitrogens is 2. The van der Waals surface area contributed by atoms with Crippen molar-refractivity contribution in [1.82, 2.24) is 10.2 Å². The Balaban J connectivity index is 1.59. The first-order chi connectivity index (χ1) is 16.3. The summed E-state index contributed by atoms with van der Waals surface area (Å²) in [5.41, 5.74) is 7.42. The summed E-state index contributed by atoms with van der Waals surface area (Å²) in [6.45, 7) is 5.72. The number of nitrogens with one attached hydrogen (secondary N) is 2. The summed E-state index contributed by atoms with van der Waals surface area (Å²) in [5.74, 6) is -0.318. The molecule has 0 bridgehead atoms. The average molecular weight is 575 g/mol. The van der Waals surface area contributed by atoms with Crippen LogP contribution in [0.15, 0.2) is 52.3 Å². The van der Waals surface area contributed by atoms with Gasteiger partial charge in [0, 0.05) is 32.1 Å². The van der Waals surface area contributed by atoms with E-state index in [-0.39, 0.29) is 17.9 Å². The average Bonchev–Trinajstić information content (AvgIpc) is 3.23. The molecule has 3 rings (SSSR count). The zero-order valence-corrected chi connectivity index (χ0v) is 22.8. The van der Waals surface area contributed by atoms with E-state index in [9.17, 15) is 9.59 Å². The quantitative estimate of drug-likeness (QED) is 0.220. The van der Waals surface area contributed by atoms with Gasteiger partial charge in [-0.25, -0.2) is 4.79 Å². The van der Waals surface area contributed by atoms with Crippen molar-refractivity contribution >= 4 is 86.4 Å². The number of hydrogen-bond donors (Lipinski definition) is 3. The van der Waals surface area contributed by atoms with Gasteiger partial charge in [-0.2, -0.15) is 0 Å². The van der Waals surface area contributed by atoms with Gasteiger partial charge in [0.05, 0.1) is 0 Å². The van der Waals surface area contributed by atoms with E-state index in [1.54, 1.807) is 42.5 Å². The van der Waals surface area contributed by atoms with Gasteiger partial charge >= 0.3 is 6.09 Å². The monoisotopic (exact) mass is 573 g/mol. The standard InChI is InChI=1S/C22H22Cl3N5O3S2/c1-21(2,3)18-29-30-19(35-18)28-17(31)12-4-9-16(15(26)10-12)34-14-7-5-13(6-8-14)27-20(32)33-11-22(23,24)25/h4-10H,11,26H2,1-3H3,(H,27,32)(H,28,30,31). The van der Waals surface area contributed by atoms with Gasteiger partial charge in [0.2, 0.25) is 8.92 Å². The molecule has 0 aliphatic heterocycles. The number of nitrogens with two attached hydrogens (primary N) is 1. The summed E-state index contributed by atoms with van der Waals surface area (Å²) in [6, 6.07) is 12.1. The molecule has 2 amide bonds. The van der Waals surface area contributed by atoms with Crippen molar-refractivity contribution in [3.63, 3.8) is 0 Å². The van der Waals surface area contributed by atoms with Gasteiger partial charge in [0.15, 0.2) is 0 Å². The maximum Gasteiger partial charge on any atom is 0.411 e. The number of amides is 2. The van der Waals surface area contributed by atoms with Crippen LogP contribution in [0.25, 0.3) is 0 Å². The molecule has 3 aromatic rings. The third-order valence-corrected chi connectivity index (χ3v) is 6.95. The molecule has 0 spiro atoms. The lowest BCUT2D eigenvalue weighted by Gasteiger charge is -2.12. The van der Waals surface area contributed by atoms with E-state index in [2.05, 4.69) is 20.8 Å². The van der Waals surface area contributed by atoms with Gasteiger partial charge in [0.1, 0.15) is 11.6 Å². The molecule has 35 heavy (non-hydrogen) atoms.